The Balaban J connectivity index is 3.13. The second-order valence-corrected chi connectivity index (χ2v) is 4.86. The van der Waals surface area contributed by atoms with E-state index in [9.17, 15) is 9.59 Å². The van der Waals surface area contributed by atoms with E-state index < -0.39 is 0 Å². The van der Waals surface area contributed by atoms with E-state index in [1.807, 2.05) is 6.92 Å². The highest BCUT2D eigenvalue weighted by Crippen LogP contribution is 2.11. The van der Waals surface area contributed by atoms with Crippen LogP contribution in [0.2, 0.25) is 0 Å². The van der Waals surface area contributed by atoms with Crippen molar-refractivity contribution in [2.45, 2.75) is 70.8 Å². The van der Waals surface area contributed by atoms with Gasteiger partial charge in [0.1, 0.15) is 0 Å². The number of carbonyl (C=O) groups excluding carboxylic acids is 2. The molecule has 98 valence electrons. The van der Waals surface area contributed by atoms with Gasteiger partial charge in [0.15, 0.2) is 0 Å². The van der Waals surface area contributed by atoms with Crippen LogP contribution in [0.1, 0.15) is 64.7 Å². The van der Waals surface area contributed by atoms with Crippen molar-refractivity contribution in [3.05, 3.63) is 0 Å². The van der Waals surface area contributed by atoms with Crippen LogP contribution in [-0.4, -0.2) is 17.4 Å². The van der Waals surface area contributed by atoms with E-state index in [0.29, 0.717) is 6.42 Å². The summed E-state index contributed by atoms with van der Waals surface area (Å²) in [6.07, 6.45) is 11.0. The molecule has 0 saturated heterocycles. The van der Waals surface area contributed by atoms with Gasteiger partial charge in [-0.05, 0) is 31.4 Å². The highest BCUT2D eigenvalue weighted by Gasteiger charge is 1.99. The standard InChI is InChI=1S/C13H22ClNO2/c1-12(15-11-16)9-7-5-3-2-4-6-8-10-13(14)17/h12H,2-10H2,1H3. The van der Waals surface area contributed by atoms with Crippen molar-refractivity contribution in [2.75, 3.05) is 0 Å². The maximum Gasteiger partial charge on any atom is 0.235 e. The van der Waals surface area contributed by atoms with E-state index in [4.69, 9.17) is 11.6 Å². The lowest BCUT2D eigenvalue weighted by Crippen LogP contribution is -1.96. The lowest BCUT2D eigenvalue weighted by molar-refractivity contribution is -0.111. The second kappa shape index (κ2) is 11.8. The Bertz CT molecular complexity index is 250. The molecule has 0 aliphatic rings. The Morgan fingerprint density at radius 2 is 1.65 bits per heavy atom. The van der Waals surface area contributed by atoms with Gasteiger partial charge in [-0.2, -0.15) is 0 Å². The maximum absolute atomic E-state index is 10.5. The van der Waals surface area contributed by atoms with Gasteiger partial charge in [0, 0.05) is 6.42 Å². The molecule has 0 aromatic rings. The summed E-state index contributed by atoms with van der Waals surface area (Å²) in [4.78, 5) is 24.1. The van der Waals surface area contributed by atoms with Crippen LogP contribution in [0, 0.1) is 0 Å². The average molecular weight is 260 g/mol. The first-order valence-electron chi connectivity index (χ1n) is 6.42. The van der Waals surface area contributed by atoms with E-state index in [0.717, 1.165) is 25.7 Å². The molecule has 17 heavy (non-hydrogen) atoms. The molecule has 0 aromatic heterocycles. The quantitative estimate of drug-likeness (QED) is 0.244. The fourth-order valence-corrected chi connectivity index (χ4v) is 1.88. The third kappa shape index (κ3) is 13.3. The molecule has 0 aliphatic carbocycles. The van der Waals surface area contributed by atoms with Gasteiger partial charge in [-0.25, -0.2) is 9.79 Å². The molecule has 0 bridgehead atoms. The van der Waals surface area contributed by atoms with Gasteiger partial charge in [-0.3, -0.25) is 4.79 Å². The minimum atomic E-state index is -0.227. The fraction of sp³-hybridized carbons (Fsp3) is 0.846. The number of isocyanates is 1. The lowest BCUT2D eigenvalue weighted by atomic mass is 10.1. The zero-order valence-electron chi connectivity index (χ0n) is 10.6. The molecular formula is C13H22ClNO2. The summed E-state index contributed by atoms with van der Waals surface area (Å²) in [7, 11) is 0. The SMILES string of the molecule is CC(CCCCCCCCCC(=O)Cl)N=C=O. The largest absolute Gasteiger partial charge is 0.281 e. The van der Waals surface area contributed by atoms with Crippen LogP contribution in [0.3, 0.4) is 0 Å². The molecule has 0 radical (unpaired) electrons. The van der Waals surface area contributed by atoms with Crippen molar-refractivity contribution in [3.8, 4) is 0 Å². The van der Waals surface area contributed by atoms with Crippen molar-refractivity contribution in [3.63, 3.8) is 0 Å². The molecule has 0 aromatic carbocycles. The van der Waals surface area contributed by atoms with E-state index >= 15 is 0 Å². The van der Waals surface area contributed by atoms with Gasteiger partial charge in [0.25, 0.3) is 0 Å². The van der Waals surface area contributed by atoms with E-state index in [1.165, 1.54) is 25.7 Å². The average Bonchev–Trinajstić information content (AvgIpc) is 2.27. The van der Waals surface area contributed by atoms with Crippen molar-refractivity contribution >= 4 is 22.9 Å². The Kier molecular flexibility index (Phi) is 11.4. The molecule has 0 heterocycles. The highest BCUT2D eigenvalue weighted by molar-refractivity contribution is 6.63. The Hall–Kier alpha value is -0.660. The molecule has 4 heteroatoms. The molecule has 0 spiro atoms. The molecule has 1 atom stereocenters. The van der Waals surface area contributed by atoms with Crippen LogP contribution in [0.15, 0.2) is 4.99 Å². The Morgan fingerprint density at radius 1 is 1.12 bits per heavy atom. The van der Waals surface area contributed by atoms with Crippen LogP contribution in [-0.2, 0) is 9.59 Å². The third-order valence-electron chi connectivity index (χ3n) is 2.77. The van der Waals surface area contributed by atoms with Gasteiger partial charge in [-0.15, -0.1) is 0 Å². The smallest absolute Gasteiger partial charge is 0.235 e. The lowest BCUT2D eigenvalue weighted by Gasteiger charge is -2.03. The summed E-state index contributed by atoms with van der Waals surface area (Å²) in [6, 6.07) is 0.113. The number of hydrogen-bond acceptors (Lipinski definition) is 3. The molecule has 0 rings (SSSR count). The summed E-state index contributed by atoms with van der Waals surface area (Å²) in [5.74, 6) is 0. The van der Waals surface area contributed by atoms with Crippen LogP contribution in [0.25, 0.3) is 0 Å². The van der Waals surface area contributed by atoms with E-state index in [2.05, 4.69) is 4.99 Å². The molecule has 0 aliphatic heterocycles. The zero-order chi connectivity index (χ0) is 12.9. The Labute approximate surface area is 109 Å². The van der Waals surface area contributed by atoms with Crippen molar-refractivity contribution in [1.29, 1.82) is 0 Å². The highest BCUT2D eigenvalue weighted by atomic mass is 35.5. The van der Waals surface area contributed by atoms with E-state index in [1.54, 1.807) is 6.08 Å². The minimum Gasteiger partial charge on any atom is -0.281 e. The summed E-state index contributed by atoms with van der Waals surface area (Å²) in [5, 5.41) is -0.227. The van der Waals surface area contributed by atoms with Crippen molar-refractivity contribution < 1.29 is 9.59 Å². The number of unbranched alkanes of at least 4 members (excludes halogenated alkanes) is 6. The van der Waals surface area contributed by atoms with Crippen LogP contribution >= 0.6 is 11.6 Å². The number of aliphatic imine (C=N–C) groups is 1. The Morgan fingerprint density at radius 3 is 2.18 bits per heavy atom. The summed E-state index contributed by atoms with van der Waals surface area (Å²) < 4.78 is 0. The first-order valence-corrected chi connectivity index (χ1v) is 6.80. The van der Waals surface area contributed by atoms with Gasteiger partial charge < -0.3 is 0 Å². The number of halogens is 1. The first-order chi connectivity index (χ1) is 8.16. The molecular weight excluding hydrogens is 238 g/mol. The summed E-state index contributed by atoms with van der Waals surface area (Å²) in [6.45, 7) is 1.94. The van der Waals surface area contributed by atoms with Gasteiger partial charge in [0.05, 0.1) is 6.04 Å². The van der Waals surface area contributed by atoms with Crippen molar-refractivity contribution in [2.24, 2.45) is 4.99 Å². The predicted molar refractivity (Wildman–Crippen MR) is 70.0 cm³/mol. The molecule has 0 amide bonds. The number of rotatable bonds is 11. The molecule has 0 fully saturated rings. The molecule has 0 N–H and O–H groups in total. The topological polar surface area (TPSA) is 46.5 Å². The normalized spacial score (nSPS) is 11.9. The molecule has 3 nitrogen and oxygen atoms in total. The molecule has 1 unspecified atom stereocenters. The number of carbonyl (C=O) groups is 1. The minimum absolute atomic E-state index is 0.113. The predicted octanol–water partition coefficient (Wildman–Crippen LogP) is 3.99. The summed E-state index contributed by atoms with van der Waals surface area (Å²) >= 11 is 5.24. The first kappa shape index (κ1) is 16.3. The van der Waals surface area contributed by atoms with Crippen LogP contribution < -0.4 is 0 Å². The van der Waals surface area contributed by atoms with Crippen molar-refractivity contribution in [1.82, 2.24) is 0 Å². The number of nitrogens with zero attached hydrogens (tertiary/aromatic N) is 1. The monoisotopic (exact) mass is 259 g/mol. The van der Waals surface area contributed by atoms with Gasteiger partial charge in [-0.1, -0.05) is 38.5 Å². The third-order valence-corrected chi connectivity index (χ3v) is 2.96. The zero-order valence-corrected chi connectivity index (χ0v) is 11.3. The van der Waals surface area contributed by atoms with Crippen LogP contribution in [0.4, 0.5) is 0 Å². The van der Waals surface area contributed by atoms with Gasteiger partial charge in [0.2, 0.25) is 11.3 Å². The fourth-order valence-electron chi connectivity index (χ4n) is 1.74. The second-order valence-electron chi connectivity index (χ2n) is 4.44. The summed E-state index contributed by atoms with van der Waals surface area (Å²) in [5.41, 5.74) is 0. The van der Waals surface area contributed by atoms with E-state index in [-0.39, 0.29) is 11.3 Å². The van der Waals surface area contributed by atoms with Crippen LogP contribution in [0.5, 0.6) is 0 Å². The van der Waals surface area contributed by atoms with Gasteiger partial charge >= 0.3 is 0 Å². The molecule has 0 saturated carbocycles. The number of hydrogen-bond donors (Lipinski definition) is 0. The maximum atomic E-state index is 10.5.